The van der Waals surface area contributed by atoms with Gasteiger partial charge >= 0.3 is 0 Å². The van der Waals surface area contributed by atoms with Gasteiger partial charge in [0.15, 0.2) is 34.9 Å². The van der Waals surface area contributed by atoms with E-state index in [4.69, 9.17) is 48.7 Å². The molecule has 496 valence electrons. The summed E-state index contributed by atoms with van der Waals surface area (Å²) >= 11 is 6.99. The number of thiazole rings is 2. The van der Waals surface area contributed by atoms with Crippen LogP contribution in [0, 0.1) is 0 Å². The first-order valence-electron chi connectivity index (χ1n) is 34.7. The average Bonchev–Trinajstić information content (AvgIpc) is 1.56. The van der Waals surface area contributed by atoms with E-state index in [9.17, 15) is 0 Å². The van der Waals surface area contributed by atoms with Crippen molar-refractivity contribution in [2.24, 2.45) is 0 Å². The van der Waals surface area contributed by atoms with E-state index in [0.717, 1.165) is 136 Å². The predicted octanol–water partition coefficient (Wildman–Crippen LogP) is 26.2. The molecule has 0 radical (unpaired) electrons. The molecule has 0 unspecified atom stereocenters. The number of para-hydroxylation sites is 2. The van der Waals surface area contributed by atoms with Crippen molar-refractivity contribution in [2.75, 3.05) is 0 Å². The lowest BCUT2D eigenvalue weighted by atomic mass is 10.00. The number of furan rings is 2. The standard InChI is InChI=1S/2C46H26N4OS2/c1-2-11-27(12-3-1)43-48-44(50-45(49-43)35-18-9-16-32-31-15-4-6-21-39(31)52-42(32)35)34-17-10-20-37-41(34)33-24-23-29(26-38(33)51-37)28-13-8-14-30(25-28)46-47-36-19-5-7-22-40(36)53-46;1-2-10-27(11-3-1)43-48-44(30-21-22-33-32-14-4-6-18-39(32)52-41(33)26-30)50-45(49-43)35-15-9-17-37-42(35)34-23-20-29(25-38(34)51-37)28-12-8-13-31(24-28)46-47-36-16-5-7-19-40(36)53-46/h2*1-26H. The molecular weight excluding hydrogens is 1380 g/mol. The molecule has 0 saturated heterocycles. The van der Waals surface area contributed by atoms with E-state index >= 15 is 0 Å². The van der Waals surface area contributed by atoms with Gasteiger partial charge in [-0.25, -0.2) is 39.9 Å². The molecule has 0 aliphatic carbocycles. The molecule has 0 spiro atoms. The minimum atomic E-state index is 0.603. The van der Waals surface area contributed by atoms with E-state index in [-0.39, 0.29) is 0 Å². The number of benzene rings is 14. The van der Waals surface area contributed by atoms with Crippen LogP contribution in [0.4, 0.5) is 0 Å². The van der Waals surface area contributed by atoms with Gasteiger partial charge in [-0.05, 0) is 119 Å². The van der Waals surface area contributed by atoms with Crippen molar-refractivity contribution in [3.8, 4) is 112 Å². The van der Waals surface area contributed by atoms with E-state index in [1.165, 1.54) is 45.0 Å². The Morgan fingerprint density at radius 2 is 0.575 bits per heavy atom. The maximum absolute atomic E-state index is 6.57. The zero-order chi connectivity index (χ0) is 69.8. The fraction of sp³-hybridized carbons (Fsp3) is 0. The fourth-order valence-corrected chi connectivity index (χ4v) is 18.8. The van der Waals surface area contributed by atoms with Crippen LogP contribution in [0.25, 0.3) is 216 Å². The third-order valence-electron chi connectivity index (χ3n) is 19.6. The lowest BCUT2D eigenvalue weighted by Crippen LogP contribution is -2.00. The van der Waals surface area contributed by atoms with Crippen molar-refractivity contribution in [1.82, 2.24) is 39.9 Å². The smallest absolute Gasteiger partial charge is 0.165 e. The normalized spacial score (nSPS) is 11.8. The first kappa shape index (κ1) is 61.6. The summed E-state index contributed by atoms with van der Waals surface area (Å²) < 4.78 is 20.4. The summed E-state index contributed by atoms with van der Waals surface area (Å²) in [6, 6.07) is 109. The molecule has 14 heteroatoms. The van der Waals surface area contributed by atoms with Gasteiger partial charge in [-0.15, -0.1) is 45.3 Å². The summed E-state index contributed by atoms with van der Waals surface area (Å²) in [6.45, 7) is 0. The van der Waals surface area contributed by atoms with Crippen molar-refractivity contribution < 1.29 is 8.83 Å². The molecule has 22 rings (SSSR count). The van der Waals surface area contributed by atoms with E-state index in [2.05, 4.69) is 218 Å². The van der Waals surface area contributed by atoms with Gasteiger partial charge < -0.3 is 8.83 Å². The summed E-state index contributed by atoms with van der Waals surface area (Å²) in [6.07, 6.45) is 0. The maximum atomic E-state index is 6.57. The van der Waals surface area contributed by atoms with Crippen molar-refractivity contribution in [3.63, 3.8) is 0 Å². The highest BCUT2D eigenvalue weighted by Crippen LogP contribution is 2.45. The van der Waals surface area contributed by atoms with Gasteiger partial charge in [-0.1, -0.05) is 218 Å². The molecule has 0 aliphatic rings. The van der Waals surface area contributed by atoms with Crippen LogP contribution in [-0.2, 0) is 0 Å². The van der Waals surface area contributed by atoms with Crippen LogP contribution in [-0.4, -0.2) is 39.9 Å². The Labute approximate surface area is 621 Å². The minimum Gasteiger partial charge on any atom is -0.456 e. The number of aromatic nitrogens is 8. The quantitative estimate of drug-likeness (QED) is 0.130. The molecule has 10 nitrogen and oxygen atoms in total. The SMILES string of the molecule is c1ccc(-c2nc(-c3ccc4c(c3)sc3ccccc34)nc(-c3cccc4oc5cc(-c6cccc(-c7nc8ccccc8s7)c6)ccc5c34)n2)cc1.c1ccc(-c2nc(-c3cccc4c3sc3ccccc34)nc(-c3cccc4oc5cc(-c6cccc(-c7nc8ccccc8s7)c6)ccc5c34)n2)cc1. The molecule has 0 saturated carbocycles. The number of fused-ring (bicyclic) bond motifs is 14. The number of rotatable bonds is 10. The van der Waals surface area contributed by atoms with Crippen LogP contribution < -0.4 is 0 Å². The largest absolute Gasteiger partial charge is 0.456 e. The lowest BCUT2D eigenvalue weighted by molar-refractivity contribution is 0.668. The van der Waals surface area contributed by atoms with Gasteiger partial charge in [0.05, 0.1) is 20.4 Å². The molecular formula is C92H52N8O2S4. The number of nitrogens with zero attached hydrogens (tertiary/aromatic N) is 8. The summed E-state index contributed by atoms with van der Waals surface area (Å²) in [5, 5.41) is 11.0. The van der Waals surface area contributed by atoms with Crippen molar-refractivity contribution in [3.05, 3.63) is 315 Å². The Bertz CT molecular complexity index is 7190. The zero-order valence-electron chi connectivity index (χ0n) is 56.0. The molecule has 0 bridgehead atoms. The maximum Gasteiger partial charge on any atom is 0.165 e. The average molecular weight is 1430 g/mol. The van der Waals surface area contributed by atoms with Crippen LogP contribution in [0.15, 0.2) is 324 Å². The van der Waals surface area contributed by atoms with Crippen LogP contribution in [0.3, 0.4) is 0 Å². The number of thiophene rings is 2. The summed E-state index contributed by atoms with van der Waals surface area (Å²) in [4.78, 5) is 40.5. The van der Waals surface area contributed by atoms with Gasteiger partial charge in [0.1, 0.15) is 32.3 Å². The highest BCUT2D eigenvalue weighted by Gasteiger charge is 2.23. The third-order valence-corrected chi connectivity index (χ3v) is 24.1. The van der Waals surface area contributed by atoms with Crippen LogP contribution in [0.5, 0.6) is 0 Å². The van der Waals surface area contributed by atoms with Gasteiger partial charge in [-0.3, -0.25) is 0 Å². The molecule has 106 heavy (non-hydrogen) atoms. The van der Waals surface area contributed by atoms with Crippen LogP contribution in [0.2, 0.25) is 0 Å². The summed E-state index contributed by atoms with van der Waals surface area (Å²) in [5.41, 5.74) is 17.4. The topological polar surface area (TPSA) is 129 Å². The molecule has 0 fully saturated rings. The third kappa shape index (κ3) is 10.9. The van der Waals surface area contributed by atoms with Gasteiger partial charge in [0.2, 0.25) is 0 Å². The molecule has 22 aromatic rings. The van der Waals surface area contributed by atoms with E-state index < -0.39 is 0 Å². The monoisotopic (exact) mass is 1430 g/mol. The molecule has 8 heterocycles. The first-order chi connectivity index (χ1) is 52.4. The highest BCUT2D eigenvalue weighted by molar-refractivity contribution is 7.26. The fourth-order valence-electron chi connectivity index (χ4n) is 14.5. The van der Waals surface area contributed by atoms with Crippen molar-refractivity contribution in [2.45, 2.75) is 0 Å². The van der Waals surface area contributed by atoms with Gasteiger partial charge in [0, 0.05) is 106 Å². The molecule has 14 aromatic carbocycles. The number of hydrogen-bond acceptors (Lipinski definition) is 14. The number of hydrogen-bond donors (Lipinski definition) is 0. The van der Waals surface area contributed by atoms with Gasteiger partial charge in [0.25, 0.3) is 0 Å². The summed E-state index contributed by atoms with van der Waals surface area (Å²) in [5.74, 6) is 3.74. The molecule has 0 atom stereocenters. The summed E-state index contributed by atoms with van der Waals surface area (Å²) in [7, 11) is 0. The molecule has 0 aliphatic heterocycles. The Morgan fingerprint density at radius 3 is 1.13 bits per heavy atom. The molecule has 8 aromatic heterocycles. The van der Waals surface area contributed by atoms with Crippen LogP contribution in [0.1, 0.15) is 0 Å². The van der Waals surface area contributed by atoms with E-state index in [0.29, 0.717) is 34.9 Å². The Morgan fingerprint density at radius 1 is 0.198 bits per heavy atom. The Balaban J connectivity index is 0.000000136. The zero-order valence-corrected chi connectivity index (χ0v) is 59.3. The second-order valence-electron chi connectivity index (χ2n) is 26.1. The minimum absolute atomic E-state index is 0.603. The highest BCUT2D eigenvalue weighted by atomic mass is 32.1. The second-order valence-corrected chi connectivity index (χ2v) is 30.2. The molecule has 0 amide bonds. The predicted molar refractivity (Wildman–Crippen MR) is 441 cm³/mol. The Kier molecular flexibility index (Phi) is 14.8. The van der Waals surface area contributed by atoms with E-state index in [1.54, 1.807) is 45.3 Å². The van der Waals surface area contributed by atoms with Crippen molar-refractivity contribution >= 4 is 150 Å². The van der Waals surface area contributed by atoms with E-state index in [1.807, 2.05) is 97.1 Å². The Hall–Kier alpha value is -13.1. The molecule has 0 N–H and O–H groups in total. The van der Waals surface area contributed by atoms with Crippen LogP contribution >= 0.6 is 45.3 Å². The van der Waals surface area contributed by atoms with Gasteiger partial charge in [-0.2, -0.15) is 0 Å². The second kappa shape index (κ2) is 25.4. The lowest BCUT2D eigenvalue weighted by Gasteiger charge is -2.10. The van der Waals surface area contributed by atoms with Crippen molar-refractivity contribution in [1.29, 1.82) is 0 Å². The first-order valence-corrected chi connectivity index (χ1v) is 38.0.